The first kappa shape index (κ1) is 28.8. The summed E-state index contributed by atoms with van der Waals surface area (Å²) >= 11 is 0. The summed E-state index contributed by atoms with van der Waals surface area (Å²) in [5.41, 5.74) is 0.495. The maximum atomic E-state index is 14.1. The highest BCUT2D eigenvalue weighted by molar-refractivity contribution is 7.89. The minimum atomic E-state index is -4.82. The molecule has 1 N–H and O–H groups in total. The number of alkyl halides is 3. The molecule has 4 unspecified atom stereocenters. The van der Waals surface area contributed by atoms with Crippen molar-refractivity contribution in [3.8, 4) is 0 Å². The van der Waals surface area contributed by atoms with Crippen LogP contribution in [0.5, 0.6) is 0 Å². The number of nitroso groups, excluding NO2 is 1. The van der Waals surface area contributed by atoms with Gasteiger partial charge >= 0.3 is 12.2 Å². The Bertz CT molecular complexity index is 1240. The molecule has 4 atom stereocenters. The van der Waals surface area contributed by atoms with Gasteiger partial charge in [-0.1, -0.05) is 0 Å². The molecular formula is C26H35F3N5O5S+. The molecule has 1 aromatic carbocycles. The molecular weight excluding hydrogens is 551 g/mol. The first-order chi connectivity index (χ1) is 18.9. The molecule has 2 amide bonds. The Kier molecular flexibility index (Phi) is 7.85. The standard InChI is InChI=1S/C26H34F3N5O5S/c1-17(35)30-20-4-6-21(7-5-20)40(38,39)32-13-8-18(9-14-32)19-10-15-33-22(16-19)23(24(34(33)37)26(27,28)29)25(36)31-11-2-3-12-31/h4-7,18-19,22-24H,2-3,8-16H2,1H3/p+1. The number of fused-ring (bicyclic) bond motifs is 1. The van der Waals surface area contributed by atoms with E-state index < -0.39 is 40.1 Å². The minimum absolute atomic E-state index is 0.00250. The van der Waals surface area contributed by atoms with Gasteiger partial charge in [0.15, 0.2) is 0 Å². The van der Waals surface area contributed by atoms with E-state index in [9.17, 15) is 36.1 Å². The van der Waals surface area contributed by atoms with E-state index in [1.165, 1.54) is 45.4 Å². The molecule has 1 aromatic rings. The van der Waals surface area contributed by atoms with Crippen molar-refractivity contribution in [1.29, 1.82) is 0 Å². The number of hydrogen-bond donors (Lipinski definition) is 1. The van der Waals surface area contributed by atoms with Crippen LogP contribution < -0.4 is 5.32 Å². The molecule has 0 saturated carbocycles. The SMILES string of the molecule is CC(=O)Nc1ccc(S(=O)(=O)N2CCC(C3CCN4C(C3)C(C(=O)N3CCCC3)C(C(F)(F)F)[N+]4=O)CC2)cc1. The van der Waals surface area contributed by atoms with E-state index in [0.717, 1.165) is 12.8 Å². The van der Waals surface area contributed by atoms with Gasteiger partial charge in [-0.15, -0.1) is 5.01 Å². The number of benzene rings is 1. The molecule has 220 valence electrons. The van der Waals surface area contributed by atoms with Crippen LogP contribution in [0.2, 0.25) is 0 Å². The van der Waals surface area contributed by atoms with Gasteiger partial charge in [0.2, 0.25) is 21.8 Å². The molecule has 0 aliphatic carbocycles. The van der Waals surface area contributed by atoms with Crippen LogP contribution in [0.25, 0.3) is 0 Å². The Hall–Kier alpha value is -2.74. The topological polar surface area (TPSA) is 110 Å². The van der Waals surface area contributed by atoms with Crippen LogP contribution in [0, 0.1) is 22.7 Å². The normalized spacial score (nSPS) is 28.6. The number of carbonyl (C=O) groups excluding carboxylic acids is 2. The lowest BCUT2D eigenvalue weighted by Gasteiger charge is -2.40. The van der Waals surface area contributed by atoms with Crippen molar-refractivity contribution in [3.63, 3.8) is 0 Å². The van der Waals surface area contributed by atoms with Crippen molar-refractivity contribution in [2.45, 2.75) is 68.6 Å². The third-order valence-corrected chi connectivity index (χ3v) is 10.8. The quantitative estimate of drug-likeness (QED) is 0.532. The minimum Gasteiger partial charge on any atom is -0.342 e. The fourth-order valence-electron chi connectivity index (χ4n) is 6.95. The lowest BCUT2D eigenvalue weighted by Crippen LogP contribution is -2.50. The van der Waals surface area contributed by atoms with Crippen molar-refractivity contribution in [2.24, 2.45) is 17.8 Å². The van der Waals surface area contributed by atoms with Crippen LogP contribution in [0.15, 0.2) is 29.2 Å². The summed E-state index contributed by atoms with van der Waals surface area (Å²) in [6.07, 6.45) is -1.41. The zero-order chi connectivity index (χ0) is 28.8. The molecule has 0 spiro atoms. The maximum absolute atomic E-state index is 14.1. The number of piperidine rings is 2. The highest BCUT2D eigenvalue weighted by atomic mass is 32.2. The molecule has 0 aromatic heterocycles. The van der Waals surface area contributed by atoms with Crippen molar-refractivity contribution < 1.29 is 36.0 Å². The molecule has 4 saturated heterocycles. The summed E-state index contributed by atoms with van der Waals surface area (Å²) in [6, 6.07) is 2.76. The number of likely N-dealkylation sites (tertiary alicyclic amines) is 1. The number of nitrogens with zero attached hydrogens (tertiary/aromatic N) is 4. The smallest absolute Gasteiger partial charge is 0.342 e. The molecule has 0 radical (unpaired) electrons. The molecule has 4 fully saturated rings. The number of amides is 2. The van der Waals surface area contributed by atoms with Gasteiger partial charge < -0.3 is 10.2 Å². The molecule has 0 bridgehead atoms. The van der Waals surface area contributed by atoms with E-state index in [2.05, 4.69) is 5.32 Å². The second-order valence-electron chi connectivity index (χ2n) is 11.3. The predicted molar refractivity (Wildman–Crippen MR) is 138 cm³/mol. The van der Waals surface area contributed by atoms with Crippen LogP contribution >= 0.6 is 0 Å². The Morgan fingerprint density at radius 3 is 2.12 bits per heavy atom. The van der Waals surface area contributed by atoms with E-state index in [1.54, 1.807) is 0 Å². The van der Waals surface area contributed by atoms with Gasteiger partial charge in [0.05, 0.1) is 16.3 Å². The van der Waals surface area contributed by atoms with Gasteiger partial charge in [0.25, 0.3) is 0 Å². The summed E-state index contributed by atoms with van der Waals surface area (Å²) in [4.78, 5) is 38.9. The van der Waals surface area contributed by atoms with Crippen molar-refractivity contribution in [3.05, 3.63) is 29.2 Å². The van der Waals surface area contributed by atoms with Gasteiger partial charge in [-0.25, -0.2) is 8.42 Å². The molecule has 4 aliphatic rings. The van der Waals surface area contributed by atoms with Gasteiger partial charge in [-0.3, -0.25) is 9.59 Å². The lowest BCUT2D eigenvalue weighted by molar-refractivity contribution is -0.735. The van der Waals surface area contributed by atoms with Crippen LogP contribution in [0.4, 0.5) is 18.9 Å². The molecule has 14 heteroatoms. The van der Waals surface area contributed by atoms with Crippen LogP contribution in [-0.4, -0.2) is 90.3 Å². The maximum Gasteiger partial charge on any atom is 0.460 e. The largest absolute Gasteiger partial charge is 0.460 e. The predicted octanol–water partition coefficient (Wildman–Crippen LogP) is 3.00. The van der Waals surface area contributed by atoms with E-state index in [4.69, 9.17) is 0 Å². The highest BCUT2D eigenvalue weighted by Crippen LogP contribution is 2.46. The number of hydrazine groups is 1. The van der Waals surface area contributed by atoms with Crippen LogP contribution in [-0.2, 0) is 19.6 Å². The first-order valence-corrected chi connectivity index (χ1v) is 15.3. The number of carbonyl (C=O) groups is 2. The first-order valence-electron chi connectivity index (χ1n) is 13.8. The van der Waals surface area contributed by atoms with Gasteiger partial charge in [0, 0.05) is 38.8 Å². The second kappa shape index (κ2) is 10.9. The monoisotopic (exact) mass is 586 g/mol. The van der Waals surface area contributed by atoms with Crippen LogP contribution in [0.1, 0.15) is 45.4 Å². The van der Waals surface area contributed by atoms with Gasteiger partial charge in [0.1, 0.15) is 16.8 Å². The molecule has 40 heavy (non-hydrogen) atoms. The van der Waals surface area contributed by atoms with E-state index in [-0.39, 0.29) is 47.1 Å². The number of rotatable bonds is 5. The Morgan fingerprint density at radius 2 is 1.55 bits per heavy atom. The van der Waals surface area contributed by atoms with E-state index in [1.807, 2.05) is 0 Å². The number of halogens is 3. The van der Waals surface area contributed by atoms with Crippen molar-refractivity contribution in [1.82, 2.24) is 14.2 Å². The number of nitrogens with one attached hydrogen (secondary N) is 1. The number of anilines is 1. The summed E-state index contributed by atoms with van der Waals surface area (Å²) < 4.78 is 70.0. The summed E-state index contributed by atoms with van der Waals surface area (Å²) in [6.45, 7) is 2.90. The molecule has 10 nitrogen and oxygen atoms in total. The third-order valence-electron chi connectivity index (χ3n) is 8.92. The number of hydrogen-bond acceptors (Lipinski definition) is 5. The zero-order valence-electron chi connectivity index (χ0n) is 22.3. The lowest BCUT2D eigenvalue weighted by atomic mass is 9.74. The molecule has 4 aliphatic heterocycles. The average Bonchev–Trinajstić information content (AvgIpc) is 3.55. The van der Waals surface area contributed by atoms with E-state index in [0.29, 0.717) is 44.5 Å². The fourth-order valence-corrected chi connectivity index (χ4v) is 8.42. The Morgan fingerprint density at radius 1 is 0.950 bits per heavy atom. The summed E-state index contributed by atoms with van der Waals surface area (Å²) in [5.74, 6) is -2.22. The molecule has 4 heterocycles. The highest BCUT2D eigenvalue weighted by Gasteiger charge is 2.71. The van der Waals surface area contributed by atoms with Crippen molar-refractivity contribution in [2.75, 3.05) is 38.0 Å². The van der Waals surface area contributed by atoms with Gasteiger partial charge in [-0.05, 0) is 74.6 Å². The average molecular weight is 587 g/mol. The van der Waals surface area contributed by atoms with Crippen molar-refractivity contribution >= 4 is 27.5 Å². The van der Waals surface area contributed by atoms with Gasteiger partial charge in [-0.2, -0.15) is 17.5 Å². The second-order valence-corrected chi connectivity index (χ2v) is 13.2. The zero-order valence-corrected chi connectivity index (χ0v) is 23.2. The summed E-state index contributed by atoms with van der Waals surface area (Å²) in [7, 11) is -3.75. The fraction of sp³-hybridized carbons (Fsp3) is 0.692. The van der Waals surface area contributed by atoms with E-state index >= 15 is 0 Å². The third kappa shape index (κ3) is 5.44. The Labute approximate surface area is 231 Å². The summed E-state index contributed by atoms with van der Waals surface area (Å²) in [5, 5.41) is 3.81. The number of sulfonamides is 1. The Balaban J connectivity index is 1.26. The van der Waals surface area contributed by atoms with Crippen LogP contribution in [0.3, 0.4) is 0 Å². The molecule has 5 rings (SSSR count).